The van der Waals surface area contributed by atoms with Crippen molar-refractivity contribution in [1.29, 1.82) is 0 Å². The summed E-state index contributed by atoms with van der Waals surface area (Å²) in [6, 6.07) is 3.02. The first-order valence-corrected chi connectivity index (χ1v) is 9.92. The smallest absolute Gasteiger partial charge is 0.272 e. The summed E-state index contributed by atoms with van der Waals surface area (Å²) in [5, 5.41) is 22.9. The molecule has 1 aromatic rings. The zero-order chi connectivity index (χ0) is 21.1. The fourth-order valence-electron chi connectivity index (χ4n) is 3.52. The first kappa shape index (κ1) is 21.4. The van der Waals surface area contributed by atoms with Gasteiger partial charge < -0.3 is 20.1 Å². The van der Waals surface area contributed by atoms with Gasteiger partial charge in [-0.2, -0.15) is 0 Å². The zero-order valence-electron chi connectivity index (χ0n) is 15.7. The summed E-state index contributed by atoms with van der Waals surface area (Å²) in [5.41, 5.74) is 0.263. The van der Waals surface area contributed by atoms with Crippen LogP contribution >= 0.6 is 23.2 Å². The van der Waals surface area contributed by atoms with E-state index >= 15 is 0 Å². The summed E-state index contributed by atoms with van der Waals surface area (Å²) in [6.45, 7) is 7.13. The number of hydrogen-bond donors (Lipinski definition) is 2. The van der Waals surface area contributed by atoms with Gasteiger partial charge in [0.25, 0.3) is 5.91 Å². The highest BCUT2D eigenvalue weighted by molar-refractivity contribution is 6.42. The molecule has 2 aliphatic heterocycles. The maximum Gasteiger partial charge on any atom is 0.272 e. The Kier molecular flexibility index (Phi) is 6.66. The maximum atomic E-state index is 12.7. The van der Waals surface area contributed by atoms with Crippen LogP contribution in [0, 0.1) is 0 Å². The van der Waals surface area contributed by atoms with Gasteiger partial charge in [-0.05, 0) is 12.1 Å². The number of benzene rings is 1. The molecule has 2 saturated heterocycles. The highest BCUT2D eigenvalue weighted by atomic mass is 35.5. The van der Waals surface area contributed by atoms with Crippen molar-refractivity contribution in [3.8, 4) is 5.75 Å². The highest BCUT2D eigenvalue weighted by Crippen LogP contribution is 2.30. The Morgan fingerprint density at radius 1 is 1.14 bits per heavy atom. The monoisotopic (exact) mass is 440 g/mol. The molecule has 0 radical (unpaired) electrons. The van der Waals surface area contributed by atoms with Crippen LogP contribution in [0.15, 0.2) is 29.9 Å². The molecular weight excluding hydrogens is 419 g/mol. The van der Waals surface area contributed by atoms with Gasteiger partial charge in [0.05, 0.1) is 10.0 Å². The van der Waals surface area contributed by atoms with Gasteiger partial charge >= 0.3 is 0 Å². The topological polar surface area (TPSA) is 96.7 Å². The third kappa shape index (κ3) is 4.66. The van der Waals surface area contributed by atoms with Crippen LogP contribution in [-0.2, 0) is 16.0 Å². The largest absolute Gasteiger partial charge is 0.508 e. The van der Waals surface area contributed by atoms with Crippen molar-refractivity contribution in [2.24, 2.45) is 5.16 Å². The summed E-state index contributed by atoms with van der Waals surface area (Å²) >= 11 is 11.8. The van der Waals surface area contributed by atoms with Gasteiger partial charge in [0.15, 0.2) is 0 Å². The molecule has 2 aliphatic rings. The minimum atomic E-state index is -0.394. The third-order valence-corrected chi connectivity index (χ3v) is 6.04. The number of hydrogen-bond acceptors (Lipinski definition) is 6. The number of oxime groups is 1. The van der Waals surface area contributed by atoms with Crippen LogP contribution in [0.25, 0.3) is 0 Å². The van der Waals surface area contributed by atoms with Crippen molar-refractivity contribution in [2.45, 2.75) is 12.5 Å². The molecule has 0 saturated carbocycles. The molecule has 2 heterocycles. The highest BCUT2D eigenvalue weighted by Gasteiger charge is 2.36. The van der Waals surface area contributed by atoms with Gasteiger partial charge in [0.1, 0.15) is 11.5 Å². The molecule has 29 heavy (non-hydrogen) atoms. The van der Waals surface area contributed by atoms with E-state index in [0.29, 0.717) is 44.8 Å². The zero-order valence-corrected chi connectivity index (χ0v) is 17.2. The number of aromatic hydroxyl groups is 1. The summed E-state index contributed by atoms with van der Waals surface area (Å²) in [5.74, 6) is -0.583. The van der Waals surface area contributed by atoms with Crippen molar-refractivity contribution >= 4 is 40.7 Å². The Morgan fingerprint density at radius 3 is 2.34 bits per heavy atom. The maximum absolute atomic E-state index is 12.7. The summed E-state index contributed by atoms with van der Waals surface area (Å²) in [7, 11) is 0. The van der Waals surface area contributed by atoms with Crippen LogP contribution in [0.4, 0.5) is 0 Å². The van der Waals surface area contributed by atoms with E-state index in [0.717, 1.165) is 0 Å². The lowest BCUT2D eigenvalue weighted by molar-refractivity contribution is -0.134. The molecule has 156 valence electrons. The van der Waals surface area contributed by atoms with E-state index in [1.807, 2.05) is 0 Å². The summed E-state index contributed by atoms with van der Waals surface area (Å²) in [6.07, 6.45) is 1.24. The molecule has 0 spiro atoms. The van der Waals surface area contributed by atoms with Gasteiger partial charge in [-0.25, -0.2) is 0 Å². The second-order valence-electron chi connectivity index (χ2n) is 7.05. The Bertz CT molecular complexity index is 847. The predicted octanol–water partition coefficient (Wildman–Crippen LogP) is 1.61. The molecule has 3 rings (SSSR count). The number of nitrogens with zero attached hydrogens (tertiary/aromatic N) is 4. The number of phenols is 1. The number of carbonyl (C=O) groups is 2. The van der Waals surface area contributed by atoms with Crippen molar-refractivity contribution in [1.82, 2.24) is 14.7 Å². The summed E-state index contributed by atoms with van der Waals surface area (Å²) in [4.78, 5) is 29.9. The second-order valence-corrected chi connectivity index (χ2v) is 7.86. The van der Waals surface area contributed by atoms with Crippen LogP contribution in [0.3, 0.4) is 0 Å². The number of phenolic OH excluding ortho intramolecular Hbond substituents is 1. The molecular formula is C19H22Cl2N4O4. The van der Waals surface area contributed by atoms with E-state index in [1.54, 1.807) is 9.80 Å². The Morgan fingerprint density at radius 2 is 1.76 bits per heavy atom. The Balaban J connectivity index is 1.55. The van der Waals surface area contributed by atoms with Gasteiger partial charge in [-0.1, -0.05) is 34.9 Å². The molecule has 0 atom stereocenters. The third-order valence-electron chi connectivity index (χ3n) is 5.31. The standard InChI is InChI=1S/C19H22Cl2N4O4/c1-2-18(27)25-10-13(11-25)23-3-5-24(6-4-23)19(28)16(22-29)8-12-7-14(20)15(21)9-17(12)26/h2,7,9,13,26,29H,1,3-6,8,10-11H2/b22-16-. The molecule has 0 bridgehead atoms. The van der Waals surface area contributed by atoms with Gasteiger partial charge in [-0.15, -0.1) is 0 Å². The normalized spacial score (nSPS) is 18.5. The molecule has 2 N–H and O–H groups in total. The van der Waals surface area contributed by atoms with Crippen molar-refractivity contribution < 1.29 is 19.9 Å². The van der Waals surface area contributed by atoms with E-state index in [1.165, 1.54) is 18.2 Å². The van der Waals surface area contributed by atoms with Crippen LogP contribution in [0.2, 0.25) is 10.0 Å². The Hall–Kier alpha value is -2.29. The van der Waals surface area contributed by atoms with E-state index in [-0.39, 0.29) is 39.9 Å². The minimum absolute atomic E-state index is 0.0654. The molecule has 8 nitrogen and oxygen atoms in total. The van der Waals surface area contributed by atoms with Gasteiger partial charge in [0.2, 0.25) is 5.91 Å². The fourth-order valence-corrected chi connectivity index (χ4v) is 3.87. The number of likely N-dealkylation sites (tertiary alicyclic amines) is 1. The number of rotatable bonds is 5. The molecule has 0 unspecified atom stereocenters. The van der Waals surface area contributed by atoms with Crippen LogP contribution in [-0.4, -0.2) is 87.8 Å². The lowest BCUT2D eigenvalue weighted by Gasteiger charge is -2.47. The minimum Gasteiger partial charge on any atom is -0.508 e. The summed E-state index contributed by atoms with van der Waals surface area (Å²) < 4.78 is 0. The molecule has 0 aliphatic carbocycles. The number of halogens is 2. The predicted molar refractivity (Wildman–Crippen MR) is 110 cm³/mol. The van der Waals surface area contributed by atoms with Crippen molar-refractivity contribution in [3.63, 3.8) is 0 Å². The Labute approximate surface area is 178 Å². The van der Waals surface area contributed by atoms with Crippen molar-refractivity contribution in [3.05, 3.63) is 40.4 Å². The van der Waals surface area contributed by atoms with Gasteiger partial charge in [0, 0.05) is 63.4 Å². The molecule has 10 heteroatoms. The van der Waals surface area contributed by atoms with E-state index in [2.05, 4.69) is 16.6 Å². The molecule has 2 fully saturated rings. The van der Waals surface area contributed by atoms with Crippen LogP contribution in [0.1, 0.15) is 5.56 Å². The average Bonchev–Trinajstić information content (AvgIpc) is 2.68. The van der Waals surface area contributed by atoms with Crippen molar-refractivity contribution in [2.75, 3.05) is 39.3 Å². The number of carbonyl (C=O) groups excluding carboxylic acids is 2. The van der Waals surface area contributed by atoms with E-state index < -0.39 is 5.91 Å². The molecule has 2 amide bonds. The molecule has 1 aromatic carbocycles. The lowest BCUT2D eigenvalue weighted by Crippen LogP contribution is -2.64. The number of piperazine rings is 1. The number of amides is 2. The SMILES string of the molecule is C=CC(=O)N1CC(N2CCN(C(=O)/C(Cc3cc(Cl)c(Cl)cc3O)=N\O)CC2)C1. The first-order chi connectivity index (χ1) is 13.8. The van der Waals surface area contributed by atoms with E-state index in [4.69, 9.17) is 23.2 Å². The average molecular weight is 441 g/mol. The van der Waals surface area contributed by atoms with Crippen LogP contribution < -0.4 is 0 Å². The van der Waals surface area contributed by atoms with Crippen LogP contribution in [0.5, 0.6) is 5.75 Å². The quantitative estimate of drug-likeness (QED) is 0.313. The van der Waals surface area contributed by atoms with Gasteiger partial charge in [-0.3, -0.25) is 14.5 Å². The second kappa shape index (κ2) is 9.02. The fraction of sp³-hybridized carbons (Fsp3) is 0.421. The molecule has 0 aromatic heterocycles. The van der Waals surface area contributed by atoms with E-state index in [9.17, 15) is 19.9 Å². The lowest BCUT2D eigenvalue weighted by atomic mass is 10.0. The first-order valence-electron chi connectivity index (χ1n) is 9.16.